The van der Waals surface area contributed by atoms with Gasteiger partial charge in [-0.25, -0.2) is 9.07 Å². The Hall–Kier alpha value is -1.43. The SMILES string of the molecule is Cn1nnc(Br)c1-c1ccc(F)cc1O. The van der Waals surface area contributed by atoms with Crippen LogP contribution in [0.4, 0.5) is 4.39 Å². The first kappa shape index (κ1) is 10.1. The fourth-order valence-corrected chi connectivity index (χ4v) is 1.86. The van der Waals surface area contributed by atoms with Gasteiger partial charge in [-0.1, -0.05) is 5.21 Å². The van der Waals surface area contributed by atoms with E-state index in [0.29, 0.717) is 15.9 Å². The molecule has 0 aliphatic carbocycles. The summed E-state index contributed by atoms with van der Waals surface area (Å²) in [6.07, 6.45) is 0. The zero-order valence-electron chi connectivity index (χ0n) is 7.78. The zero-order chi connectivity index (χ0) is 11.0. The van der Waals surface area contributed by atoms with Crippen molar-refractivity contribution in [2.24, 2.45) is 7.05 Å². The number of aromatic nitrogens is 3. The lowest BCUT2D eigenvalue weighted by molar-refractivity contribution is 0.470. The fraction of sp³-hybridized carbons (Fsp3) is 0.111. The van der Waals surface area contributed by atoms with Crippen LogP contribution in [0.25, 0.3) is 11.3 Å². The smallest absolute Gasteiger partial charge is 0.156 e. The number of hydrogen-bond acceptors (Lipinski definition) is 3. The van der Waals surface area contributed by atoms with Crippen LogP contribution in [0.5, 0.6) is 5.75 Å². The van der Waals surface area contributed by atoms with E-state index in [9.17, 15) is 9.50 Å². The molecule has 78 valence electrons. The molecule has 0 spiro atoms. The van der Waals surface area contributed by atoms with E-state index in [1.54, 1.807) is 7.05 Å². The maximum atomic E-state index is 12.8. The maximum absolute atomic E-state index is 12.8. The topological polar surface area (TPSA) is 50.9 Å². The van der Waals surface area contributed by atoms with E-state index in [0.717, 1.165) is 6.07 Å². The molecule has 1 aromatic heterocycles. The van der Waals surface area contributed by atoms with Crippen molar-refractivity contribution in [3.63, 3.8) is 0 Å². The van der Waals surface area contributed by atoms with Gasteiger partial charge in [0.25, 0.3) is 0 Å². The van der Waals surface area contributed by atoms with Crippen LogP contribution in [0.2, 0.25) is 0 Å². The molecule has 0 saturated heterocycles. The molecular weight excluding hydrogens is 265 g/mol. The number of phenols is 1. The molecule has 15 heavy (non-hydrogen) atoms. The van der Waals surface area contributed by atoms with Crippen LogP contribution in [0, 0.1) is 5.82 Å². The summed E-state index contributed by atoms with van der Waals surface area (Å²) in [4.78, 5) is 0. The van der Waals surface area contributed by atoms with Crippen LogP contribution in [-0.4, -0.2) is 20.1 Å². The molecule has 0 saturated carbocycles. The van der Waals surface area contributed by atoms with Crippen molar-refractivity contribution < 1.29 is 9.50 Å². The monoisotopic (exact) mass is 271 g/mol. The van der Waals surface area contributed by atoms with Crippen molar-refractivity contribution in [1.29, 1.82) is 0 Å². The molecule has 0 aliphatic heterocycles. The Balaban J connectivity index is 2.64. The molecule has 1 heterocycles. The summed E-state index contributed by atoms with van der Waals surface area (Å²) in [5.41, 5.74) is 1.09. The minimum absolute atomic E-state index is 0.138. The summed E-state index contributed by atoms with van der Waals surface area (Å²) >= 11 is 3.21. The van der Waals surface area contributed by atoms with Gasteiger partial charge < -0.3 is 5.11 Å². The maximum Gasteiger partial charge on any atom is 0.156 e. The molecule has 0 unspecified atom stereocenters. The molecule has 0 fully saturated rings. The van der Waals surface area contributed by atoms with Gasteiger partial charge in [-0.3, -0.25) is 0 Å². The van der Waals surface area contributed by atoms with Crippen LogP contribution in [0.15, 0.2) is 22.8 Å². The van der Waals surface area contributed by atoms with E-state index in [1.807, 2.05) is 0 Å². The highest BCUT2D eigenvalue weighted by Crippen LogP contribution is 2.32. The average molecular weight is 272 g/mol. The summed E-state index contributed by atoms with van der Waals surface area (Å²) in [6, 6.07) is 3.80. The van der Waals surface area contributed by atoms with Crippen molar-refractivity contribution in [2.75, 3.05) is 0 Å². The van der Waals surface area contributed by atoms with Gasteiger partial charge in [0.1, 0.15) is 17.3 Å². The molecule has 0 aliphatic rings. The number of halogens is 2. The molecule has 0 bridgehead atoms. The molecular formula is C9H7BrFN3O. The van der Waals surface area contributed by atoms with Crippen molar-refractivity contribution in [2.45, 2.75) is 0 Å². The molecule has 0 atom stereocenters. The highest BCUT2D eigenvalue weighted by Gasteiger charge is 2.14. The summed E-state index contributed by atoms with van der Waals surface area (Å²) in [5.74, 6) is -0.622. The number of benzene rings is 1. The van der Waals surface area contributed by atoms with Gasteiger partial charge in [0, 0.05) is 18.7 Å². The number of rotatable bonds is 1. The highest BCUT2D eigenvalue weighted by molar-refractivity contribution is 9.10. The second kappa shape index (κ2) is 3.62. The van der Waals surface area contributed by atoms with Gasteiger partial charge in [0.05, 0.1) is 0 Å². The van der Waals surface area contributed by atoms with Gasteiger partial charge in [0.15, 0.2) is 4.60 Å². The standard InChI is InChI=1S/C9H7BrFN3O/c1-14-8(9(10)12-13-14)6-3-2-5(11)4-7(6)15/h2-4,15H,1H3. The van der Waals surface area contributed by atoms with Gasteiger partial charge >= 0.3 is 0 Å². The van der Waals surface area contributed by atoms with E-state index >= 15 is 0 Å². The highest BCUT2D eigenvalue weighted by atomic mass is 79.9. The van der Waals surface area contributed by atoms with Crippen molar-refractivity contribution in [1.82, 2.24) is 15.0 Å². The van der Waals surface area contributed by atoms with Gasteiger partial charge in [0.2, 0.25) is 0 Å². The predicted molar refractivity (Wildman–Crippen MR) is 55.8 cm³/mol. The Morgan fingerprint density at radius 1 is 1.47 bits per heavy atom. The predicted octanol–water partition coefficient (Wildman–Crippen LogP) is 2.09. The second-order valence-electron chi connectivity index (χ2n) is 3.01. The van der Waals surface area contributed by atoms with Crippen molar-refractivity contribution >= 4 is 15.9 Å². The number of nitrogens with zero attached hydrogens (tertiary/aromatic N) is 3. The Labute approximate surface area is 93.5 Å². The normalized spacial score (nSPS) is 10.6. The largest absolute Gasteiger partial charge is 0.507 e. The molecule has 6 heteroatoms. The summed E-state index contributed by atoms with van der Waals surface area (Å²) < 4.78 is 14.8. The van der Waals surface area contributed by atoms with Crippen LogP contribution < -0.4 is 0 Å². The minimum Gasteiger partial charge on any atom is -0.507 e. The Morgan fingerprint density at radius 3 is 2.73 bits per heavy atom. The third-order valence-electron chi connectivity index (χ3n) is 2.00. The average Bonchev–Trinajstić information content (AvgIpc) is 2.48. The van der Waals surface area contributed by atoms with Crippen molar-refractivity contribution in [3.8, 4) is 17.0 Å². The van der Waals surface area contributed by atoms with E-state index < -0.39 is 5.82 Å². The summed E-state index contributed by atoms with van der Waals surface area (Å²) in [7, 11) is 1.69. The number of aryl methyl sites for hydroxylation is 1. The molecule has 1 aromatic carbocycles. The van der Waals surface area contributed by atoms with Crippen LogP contribution in [-0.2, 0) is 7.05 Å². The first-order valence-electron chi connectivity index (χ1n) is 4.13. The van der Waals surface area contributed by atoms with Gasteiger partial charge in [-0.15, -0.1) is 5.10 Å². The molecule has 1 N–H and O–H groups in total. The zero-order valence-corrected chi connectivity index (χ0v) is 9.36. The lowest BCUT2D eigenvalue weighted by Gasteiger charge is -2.04. The first-order valence-corrected chi connectivity index (χ1v) is 4.93. The second-order valence-corrected chi connectivity index (χ2v) is 3.77. The van der Waals surface area contributed by atoms with Gasteiger partial charge in [-0.2, -0.15) is 0 Å². The molecule has 2 rings (SSSR count). The molecule has 0 radical (unpaired) electrons. The van der Waals surface area contributed by atoms with Crippen molar-refractivity contribution in [3.05, 3.63) is 28.6 Å². The summed E-state index contributed by atoms with van der Waals surface area (Å²) in [6.45, 7) is 0. The molecule has 0 amide bonds. The van der Waals surface area contributed by atoms with E-state index in [2.05, 4.69) is 26.2 Å². The first-order chi connectivity index (χ1) is 7.09. The fourth-order valence-electron chi connectivity index (χ4n) is 1.32. The van der Waals surface area contributed by atoms with Crippen LogP contribution >= 0.6 is 15.9 Å². The Kier molecular flexibility index (Phi) is 2.44. The lowest BCUT2D eigenvalue weighted by Crippen LogP contribution is -1.94. The third-order valence-corrected chi connectivity index (χ3v) is 2.53. The van der Waals surface area contributed by atoms with E-state index in [1.165, 1.54) is 16.8 Å². The summed E-state index contributed by atoms with van der Waals surface area (Å²) in [5, 5.41) is 17.1. The number of aromatic hydroxyl groups is 1. The molecule has 2 aromatic rings. The van der Waals surface area contributed by atoms with E-state index in [4.69, 9.17) is 0 Å². The van der Waals surface area contributed by atoms with Crippen LogP contribution in [0.3, 0.4) is 0 Å². The quantitative estimate of drug-likeness (QED) is 0.864. The third kappa shape index (κ3) is 1.72. The minimum atomic E-state index is -0.484. The number of phenolic OH excluding ortho intramolecular Hbond substituents is 1. The number of hydrogen-bond donors (Lipinski definition) is 1. The Bertz CT molecular complexity index is 493. The van der Waals surface area contributed by atoms with Gasteiger partial charge in [-0.05, 0) is 28.1 Å². The molecule has 4 nitrogen and oxygen atoms in total. The Morgan fingerprint density at radius 2 is 2.20 bits per heavy atom. The van der Waals surface area contributed by atoms with Crippen LogP contribution in [0.1, 0.15) is 0 Å². The van der Waals surface area contributed by atoms with E-state index in [-0.39, 0.29) is 5.75 Å². The lowest BCUT2D eigenvalue weighted by atomic mass is 10.1.